The number of thiophene rings is 1. The number of fused-ring (bicyclic) bond motifs is 1. The van der Waals surface area contributed by atoms with E-state index in [1.807, 2.05) is 16.0 Å². The van der Waals surface area contributed by atoms with E-state index >= 15 is 0 Å². The van der Waals surface area contributed by atoms with Gasteiger partial charge in [-0.25, -0.2) is 4.98 Å². The molecule has 5 heteroatoms. The maximum absolute atomic E-state index is 10.6. The van der Waals surface area contributed by atoms with E-state index in [1.54, 1.807) is 17.5 Å². The summed E-state index contributed by atoms with van der Waals surface area (Å²) in [7, 11) is 0. The van der Waals surface area contributed by atoms with Crippen molar-refractivity contribution in [3.05, 3.63) is 40.1 Å². The highest BCUT2D eigenvalue weighted by Gasteiger charge is 2.22. The zero-order valence-electron chi connectivity index (χ0n) is 8.50. The quantitative estimate of drug-likeness (QED) is 0.747. The average Bonchev–Trinajstić information content (AvgIpc) is 2.96. The molecule has 0 N–H and O–H groups in total. The van der Waals surface area contributed by atoms with E-state index in [0.29, 0.717) is 12.3 Å². The second-order valence-electron chi connectivity index (χ2n) is 3.67. The van der Waals surface area contributed by atoms with Gasteiger partial charge in [-0.1, -0.05) is 6.07 Å². The second-order valence-corrected chi connectivity index (χ2v) is 4.65. The molecule has 1 aliphatic rings. The molecule has 0 bridgehead atoms. The Kier molecular flexibility index (Phi) is 2.34. The van der Waals surface area contributed by atoms with E-state index in [2.05, 4.69) is 11.1 Å². The molecule has 0 spiro atoms. The largest absolute Gasteiger partial charge is 0.363 e. The predicted octanol–water partition coefficient (Wildman–Crippen LogP) is 2.03. The number of rotatable bonds is 2. The van der Waals surface area contributed by atoms with Gasteiger partial charge in [-0.2, -0.15) is 0 Å². The van der Waals surface area contributed by atoms with Crippen LogP contribution in [0, 0.1) is 0 Å². The zero-order valence-corrected chi connectivity index (χ0v) is 9.31. The van der Waals surface area contributed by atoms with Crippen molar-refractivity contribution in [2.45, 2.75) is 19.3 Å². The number of nitrogens with zero attached hydrogens (tertiary/aromatic N) is 2. The van der Waals surface area contributed by atoms with Gasteiger partial charge in [0.15, 0.2) is 6.29 Å². The standard InChI is InChI=1S/C11H10N2O2S/c14-6-8-4-13-5-9(10-2-1-3-16-10)15-7-11(13)12-8/h1-4,6,9H,5,7H2/t9-/m0/s1. The summed E-state index contributed by atoms with van der Waals surface area (Å²) < 4.78 is 7.72. The van der Waals surface area contributed by atoms with E-state index < -0.39 is 0 Å². The molecule has 0 amide bonds. The molecule has 3 rings (SSSR count). The van der Waals surface area contributed by atoms with E-state index in [-0.39, 0.29) is 6.10 Å². The van der Waals surface area contributed by atoms with E-state index in [9.17, 15) is 4.79 Å². The fourth-order valence-electron chi connectivity index (χ4n) is 1.86. The van der Waals surface area contributed by atoms with E-state index in [1.165, 1.54) is 4.88 Å². The van der Waals surface area contributed by atoms with Gasteiger partial charge in [0.05, 0.1) is 6.54 Å². The first-order valence-corrected chi connectivity index (χ1v) is 5.91. The summed E-state index contributed by atoms with van der Waals surface area (Å²) >= 11 is 1.69. The Hall–Kier alpha value is -1.46. The van der Waals surface area contributed by atoms with Crippen LogP contribution in [0.3, 0.4) is 0 Å². The molecule has 0 aromatic carbocycles. The summed E-state index contributed by atoms with van der Waals surface area (Å²) in [5.41, 5.74) is 0.477. The summed E-state index contributed by atoms with van der Waals surface area (Å²) in [4.78, 5) is 16.0. The van der Waals surface area contributed by atoms with Crippen molar-refractivity contribution in [1.82, 2.24) is 9.55 Å². The lowest BCUT2D eigenvalue weighted by atomic mass is 10.2. The minimum absolute atomic E-state index is 0.0844. The third-order valence-electron chi connectivity index (χ3n) is 2.64. The number of carbonyl (C=O) groups is 1. The zero-order chi connectivity index (χ0) is 11.0. The van der Waals surface area contributed by atoms with Crippen LogP contribution in [0.25, 0.3) is 0 Å². The minimum atomic E-state index is 0.0844. The van der Waals surface area contributed by atoms with Crippen molar-refractivity contribution in [3.8, 4) is 0 Å². The van der Waals surface area contributed by atoms with Gasteiger partial charge >= 0.3 is 0 Å². The third-order valence-corrected chi connectivity index (χ3v) is 3.60. The van der Waals surface area contributed by atoms with Gasteiger partial charge < -0.3 is 9.30 Å². The fourth-order valence-corrected chi connectivity index (χ4v) is 2.63. The summed E-state index contributed by atoms with van der Waals surface area (Å²) in [6.07, 6.45) is 2.64. The Morgan fingerprint density at radius 1 is 1.62 bits per heavy atom. The molecule has 0 unspecified atom stereocenters. The Morgan fingerprint density at radius 3 is 3.31 bits per heavy atom. The van der Waals surface area contributed by atoms with Crippen LogP contribution >= 0.6 is 11.3 Å². The molecule has 1 aliphatic heterocycles. The molecular formula is C11H10N2O2S. The Bertz CT molecular complexity index is 504. The van der Waals surface area contributed by atoms with Gasteiger partial charge in [-0.05, 0) is 11.4 Å². The van der Waals surface area contributed by atoms with Crippen LogP contribution in [0.5, 0.6) is 0 Å². The normalized spacial score (nSPS) is 19.4. The first-order chi connectivity index (χ1) is 7.86. The Balaban J connectivity index is 1.88. The molecule has 3 heterocycles. The van der Waals surface area contributed by atoms with E-state index in [4.69, 9.17) is 4.74 Å². The van der Waals surface area contributed by atoms with Crippen LogP contribution in [0.15, 0.2) is 23.7 Å². The lowest BCUT2D eigenvalue weighted by Gasteiger charge is -2.23. The molecule has 2 aromatic heterocycles. The molecule has 0 saturated carbocycles. The monoisotopic (exact) mass is 234 g/mol. The van der Waals surface area contributed by atoms with Gasteiger partial charge in [-0.3, -0.25) is 4.79 Å². The van der Waals surface area contributed by atoms with Crippen LogP contribution in [-0.2, 0) is 17.9 Å². The fraction of sp³-hybridized carbons (Fsp3) is 0.273. The number of ether oxygens (including phenoxy) is 1. The number of aromatic nitrogens is 2. The molecule has 0 saturated heterocycles. The van der Waals surface area contributed by atoms with Gasteiger partial charge in [0.25, 0.3) is 0 Å². The molecule has 0 fully saturated rings. The van der Waals surface area contributed by atoms with Crippen LogP contribution in [0.1, 0.15) is 27.3 Å². The Morgan fingerprint density at radius 2 is 2.56 bits per heavy atom. The van der Waals surface area contributed by atoms with Crippen molar-refractivity contribution < 1.29 is 9.53 Å². The maximum Gasteiger partial charge on any atom is 0.170 e. The smallest absolute Gasteiger partial charge is 0.170 e. The number of hydrogen-bond acceptors (Lipinski definition) is 4. The first-order valence-electron chi connectivity index (χ1n) is 5.03. The summed E-state index contributed by atoms with van der Waals surface area (Å²) in [6, 6.07) is 4.08. The summed E-state index contributed by atoms with van der Waals surface area (Å²) in [6.45, 7) is 1.20. The predicted molar refractivity (Wildman–Crippen MR) is 59.5 cm³/mol. The molecule has 82 valence electrons. The summed E-state index contributed by atoms with van der Waals surface area (Å²) in [5, 5.41) is 2.04. The molecule has 0 radical (unpaired) electrons. The lowest BCUT2D eigenvalue weighted by Crippen LogP contribution is -2.20. The number of imidazole rings is 1. The molecule has 4 nitrogen and oxygen atoms in total. The van der Waals surface area contributed by atoms with Crippen LogP contribution in [-0.4, -0.2) is 15.8 Å². The van der Waals surface area contributed by atoms with Crippen molar-refractivity contribution in [2.75, 3.05) is 0 Å². The number of carbonyl (C=O) groups excluding carboxylic acids is 1. The SMILES string of the molecule is O=Cc1cn2c(n1)CO[C@H](c1cccs1)C2. The summed E-state index contributed by atoms with van der Waals surface area (Å²) in [5.74, 6) is 0.829. The van der Waals surface area contributed by atoms with Crippen LogP contribution < -0.4 is 0 Å². The van der Waals surface area contributed by atoms with Crippen LogP contribution in [0.2, 0.25) is 0 Å². The van der Waals surface area contributed by atoms with Crippen molar-refractivity contribution in [1.29, 1.82) is 0 Å². The second kappa shape index (κ2) is 3.84. The van der Waals surface area contributed by atoms with Gasteiger partial charge in [0.1, 0.15) is 24.2 Å². The van der Waals surface area contributed by atoms with Gasteiger partial charge in [0, 0.05) is 11.1 Å². The van der Waals surface area contributed by atoms with Gasteiger partial charge in [-0.15, -0.1) is 11.3 Å². The highest BCUT2D eigenvalue weighted by atomic mass is 32.1. The molecule has 0 aliphatic carbocycles. The maximum atomic E-state index is 10.6. The Labute approximate surface area is 96.5 Å². The average molecular weight is 234 g/mol. The number of hydrogen-bond donors (Lipinski definition) is 0. The van der Waals surface area contributed by atoms with Gasteiger partial charge in [0.2, 0.25) is 0 Å². The number of aldehydes is 1. The highest BCUT2D eigenvalue weighted by Crippen LogP contribution is 2.28. The molecule has 2 aromatic rings. The highest BCUT2D eigenvalue weighted by molar-refractivity contribution is 7.10. The topological polar surface area (TPSA) is 44.1 Å². The minimum Gasteiger partial charge on any atom is -0.363 e. The molecule has 16 heavy (non-hydrogen) atoms. The molecule has 1 atom stereocenters. The van der Waals surface area contributed by atoms with Crippen molar-refractivity contribution in [2.24, 2.45) is 0 Å². The van der Waals surface area contributed by atoms with Crippen molar-refractivity contribution >= 4 is 17.6 Å². The van der Waals surface area contributed by atoms with E-state index in [0.717, 1.165) is 18.7 Å². The van der Waals surface area contributed by atoms with Crippen LogP contribution in [0.4, 0.5) is 0 Å². The third kappa shape index (κ3) is 1.58. The lowest BCUT2D eigenvalue weighted by molar-refractivity contribution is 0.00268. The van der Waals surface area contributed by atoms with Crippen molar-refractivity contribution in [3.63, 3.8) is 0 Å². The first kappa shape index (κ1) is 9.74. The molecular weight excluding hydrogens is 224 g/mol.